The van der Waals surface area contributed by atoms with Crippen LogP contribution in [0.25, 0.3) is 0 Å². The van der Waals surface area contributed by atoms with Crippen LogP contribution < -0.4 is 15.5 Å². The van der Waals surface area contributed by atoms with Crippen LogP contribution in [0.3, 0.4) is 0 Å². The number of aromatic nitrogens is 2. The zero-order valence-corrected chi connectivity index (χ0v) is 15.8. The van der Waals surface area contributed by atoms with Crippen LogP contribution in [0.4, 0.5) is 11.8 Å². The summed E-state index contributed by atoms with van der Waals surface area (Å²) in [6, 6.07) is 4.37. The van der Waals surface area contributed by atoms with E-state index in [4.69, 9.17) is 10.2 Å². The van der Waals surface area contributed by atoms with Crippen LogP contribution >= 0.6 is 24.8 Å². The maximum Gasteiger partial charge on any atom is 0.227 e. The van der Waals surface area contributed by atoms with Crippen molar-refractivity contribution in [2.24, 2.45) is 5.73 Å². The van der Waals surface area contributed by atoms with E-state index in [0.717, 1.165) is 42.4 Å². The first-order valence-electron chi connectivity index (χ1n) is 7.57. The summed E-state index contributed by atoms with van der Waals surface area (Å²) in [7, 11) is 5.96. The van der Waals surface area contributed by atoms with Crippen molar-refractivity contribution >= 4 is 36.6 Å². The second kappa shape index (κ2) is 8.55. The van der Waals surface area contributed by atoms with Gasteiger partial charge in [-0.25, -0.2) is 4.98 Å². The van der Waals surface area contributed by atoms with Crippen molar-refractivity contribution in [1.29, 1.82) is 0 Å². The van der Waals surface area contributed by atoms with E-state index in [1.165, 1.54) is 0 Å². The van der Waals surface area contributed by atoms with E-state index in [1.807, 2.05) is 32.1 Å². The van der Waals surface area contributed by atoms with Gasteiger partial charge >= 0.3 is 0 Å². The topological polar surface area (TPSA) is 71.4 Å². The van der Waals surface area contributed by atoms with Gasteiger partial charge in [0.05, 0.1) is 18.2 Å². The average molecular weight is 374 g/mol. The van der Waals surface area contributed by atoms with Crippen LogP contribution in [-0.2, 0) is 6.54 Å². The summed E-state index contributed by atoms with van der Waals surface area (Å²) >= 11 is 0. The van der Waals surface area contributed by atoms with Crippen molar-refractivity contribution in [2.45, 2.75) is 31.3 Å². The Kier molecular flexibility index (Phi) is 7.32. The fourth-order valence-electron chi connectivity index (χ4n) is 2.69. The number of nitrogens with zero attached hydrogens (tertiary/aromatic N) is 4. The molecule has 8 heteroatoms. The lowest BCUT2D eigenvalue weighted by Crippen LogP contribution is -2.35. The lowest BCUT2D eigenvalue weighted by molar-refractivity contribution is 0.345. The molecule has 0 unspecified atom stereocenters. The molecule has 134 valence electrons. The number of hydrogen-bond donors (Lipinski definition) is 1. The first-order valence-corrected chi connectivity index (χ1v) is 7.57. The Morgan fingerprint density at radius 3 is 2.46 bits per heavy atom. The van der Waals surface area contributed by atoms with Crippen LogP contribution in [0.1, 0.15) is 30.0 Å². The van der Waals surface area contributed by atoms with Crippen molar-refractivity contribution in [3.8, 4) is 0 Å². The third-order valence-electron chi connectivity index (χ3n) is 4.10. The van der Waals surface area contributed by atoms with Crippen LogP contribution in [0.5, 0.6) is 0 Å². The second-order valence-corrected chi connectivity index (χ2v) is 6.26. The van der Waals surface area contributed by atoms with Gasteiger partial charge in [-0.05, 0) is 18.9 Å². The summed E-state index contributed by atoms with van der Waals surface area (Å²) in [4.78, 5) is 13.4. The van der Waals surface area contributed by atoms with Crippen molar-refractivity contribution in [1.82, 2.24) is 9.97 Å². The van der Waals surface area contributed by atoms with E-state index < -0.39 is 0 Å². The summed E-state index contributed by atoms with van der Waals surface area (Å²) in [5.74, 6) is 2.13. The predicted molar refractivity (Wildman–Crippen MR) is 102 cm³/mol. The molecule has 24 heavy (non-hydrogen) atoms. The Balaban J connectivity index is 0.00000144. The van der Waals surface area contributed by atoms with Gasteiger partial charge < -0.3 is 20.0 Å². The molecule has 2 N–H and O–H groups in total. The quantitative estimate of drug-likeness (QED) is 0.868. The highest BCUT2D eigenvalue weighted by atomic mass is 35.5. The van der Waals surface area contributed by atoms with Crippen molar-refractivity contribution in [3.05, 3.63) is 35.9 Å². The number of anilines is 2. The third kappa shape index (κ3) is 4.53. The van der Waals surface area contributed by atoms with E-state index in [0.29, 0.717) is 12.0 Å². The number of hydrogen-bond acceptors (Lipinski definition) is 6. The smallest absolute Gasteiger partial charge is 0.227 e. The Hall–Kier alpha value is -1.50. The fourth-order valence-corrected chi connectivity index (χ4v) is 2.69. The molecule has 1 aliphatic carbocycles. The first-order chi connectivity index (χ1) is 10.5. The molecule has 0 aromatic carbocycles. The molecule has 0 aliphatic heterocycles. The lowest BCUT2D eigenvalue weighted by Gasteiger charge is -2.33. The van der Waals surface area contributed by atoms with Gasteiger partial charge in [0, 0.05) is 51.3 Å². The molecule has 1 fully saturated rings. The Morgan fingerprint density at radius 2 is 1.92 bits per heavy atom. The molecule has 1 aliphatic rings. The number of rotatable bonds is 5. The molecule has 0 radical (unpaired) electrons. The number of nitrogens with two attached hydrogens (primary N) is 1. The van der Waals surface area contributed by atoms with Gasteiger partial charge in [-0.2, -0.15) is 4.98 Å². The van der Waals surface area contributed by atoms with Crippen molar-refractivity contribution in [3.63, 3.8) is 0 Å². The van der Waals surface area contributed by atoms with Gasteiger partial charge in [0.15, 0.2) is 0 Å². The standard InChI is InChI=1S/C16H23N5O.2ClH/c1-20(2)16-18-14(12-6-13(17)7-12)8-15(19-16)21(3)9-11-4-5-22-10-11;;/h4-5,8,10,12-13H,6-7,9,17H2,1-3H3;2*1H. The number of halogens is 2. The minimum Gasteiger partial charge on any atom is -0.472 e. The van der Waals surface area contributed by atoms with Crippen LogP contribution in [0.15, 0.2) is 29.1 Å². The second-order valence-electron chi connectivity index (χ2n) is 6.26. The van der Waals surface area contributed by atoms with Crippen molar-refractivity contribution < 1.29 is 4.42 Å². The monoisotopic (exact) mass is 373 g/mol. The lowest BCUT2D eigenvalue weighted by atomic mass is 9.78. The molecule has 3 rings (SSSR count). The van der Waals surface area contributed by atoms with E-state index >= 15 is 0 Å². The molecule has 6 nitrogen and oxygen atoms in total. The maximum absolute atomic E-state index is 5.92. The Labute approximate surface area is 155 Å². The van der Waals surface area contributed by atoms with E-state index in [2.05, 4.69) is 20.9 Å². The molecular formula is C16H25Cl2N5O. The van der Waals surface area contributed by atoms with Gasteiger partial charge in [-0.1, -0.05) is 0 Å². The summed E-state index contributed by atoms with van der Waals surface area (Å²) < 4.78 is 5.13. The molecular weight excluding hydrogens is 349 g/mol. The summed E-state index contributed by atoms with van der Waals surface area (Å²) in [5.41, 5.74) is 8.13. The van der Waals surface area contributed by atoms with E-state index in [-0.39, 0.29) is 24.8 Å². The summed E-state index contributed by atoms with van der Waals surface area (Å²) in [5, 5.41) is 0. The van der Waals surface area contributed by atoms with Gasteiger partial charge in [0.2, 0.25) is 5.95 Å². The van der Waals surface area contributed by atoms with E-state index in [1.54, 1.807) is 12.5 Å². The van der Waals surface area contributed by atoms with Gasteiger partial charge in [-0.3, -0.25) is 0 Å². The zero-order chi connectivity index (χ0) is 15.7. The normalized spacial score (nSPS) is 18.8. The van der Waals surface area contributed by atoms with Gasteiger partial charge in [0.1, 0.15) is 5.82 Å². The molecule has 2 heterocycles. The molecule has 2 aromatic heterocycles. The van der Waals surface area contributed by atoms with Crippen LogP contribution in [0.2, 0.25) is 0 Å². The largest absolute Gasteiger partial charge is 0.472 e. The molecule has 1 saturated carbocycles. The van der Waals surface area contributed by atoms with E-state index in [9.17, 15) is 0 Å². The average Bonchev–Trinajstić information content (AvgIpc) is 2.96. The molecule has 2 aromatic rings. The summed E-state index contributed by atoms with van der Waals surface area (Å²) in [6.07, 6.45) is 5.47. The van der Waals surface area contributed by atoms with Crippen molar-refractivity contribution in [2.75, 3.05) is 30.9 Å². The fraction of sp³-hybridized carbons (Fsp3) is 0.500. The van der Waals surface area contributed by atoms with Crippen LogP contribution in [0, 0.1) is 0 Å². The van der Waals surface area contributed by atoms with Gasteiger partial charge in [0.25, 0.3) is 0 Å². The molecule has 0 saturated heterocycles. The summed E-state index contributed by atoms with van der Waals surface area (Å²) in [6.45, 7) is 0.754. The molecule has 0 amide bonds. The highest BCUT2D eigenvalue weighted by Gasteiger charge is 2.29. The first kappa shape index (κ1) is 20.5. The highest BCUT2D eigenvalue weighted by Crippen LogP contribution is 2.36. The minimum atomic E-state index is 0. The predicted octanol–water partition coefficient (Wildman–Crippen LogP) is 2.82. The zero-order valence-electron chi connectivity index (χ0n) is 14.2. The molecule has 0 atom stereocenters. The van der Waals surface area contributed by atoms with Gasteiger partial charge in [-0.15, -0.1) is 24.8 Å². The Bertz CT molecular complexity index is 629. The highest BCUT2D eigenvalue weighted by molar-refractivity contribution is 5.85. The minimum absolute atomic E-state index is 0. The molecule has 0 spiro atoms. The number of furan rings is 1. The maximum atomic E-state index is 5.92. The SMILES string of the molecule is CN(C)c1nc(C2CC(N)C2)cc(N(C)Cc2ccoc2)n1.Cl.Cl. The van der Waals surface area contributed by atoms with Crippen LogP contribution in [-0.4, -0.2) is 37.2 Å². The molecule has 0 bridgehead atoms. The Morgan fingerprint density at radius 1 is 1.21 bits per heavy atom. The third-order valence-corrected chi connectivity index (χ3v) is 4.10.